The van der Waals surface area contributed by atoms with Gasteiger partial charge in [-0.1, -0.05) is 26.7 Å². The second-order valence-electron chi connectivity index (χ2n) is 2.96. The second kappa shape index (κ2) is 6.62. The Morgan fingerprint density at radius 1 is 1.18 bits per heavy atom. The van der Waals surface area contributed by atoms with Crippen LogP contribution >= 0.6 is 0 Å². The van der Waals surface area contributed by atoms with Gasteiger partial charge in [0.05, 0.1) is 7.11 Å². The molecule has 0 aromatic carbocycles. The predicted octanol–water partition coefficient (Wildman–Crippen LogP) is 2.45. The average Bonchev–Trinajstić information content (AvgIpc) is 2.03. The molecule has 0 amide bonds. The first-order chi connectivity index (χ1) is 5.26. The van der Waals surface area contributed by atoms with Gasteiger partial charge >= 0.3 is 0 Å². The van der Waals surface area contributed by atoms with Crippen LogP contribution in [0.1, 0.15) is 39.5 Å². The highest BCUT2D eigenvalue weighted by molar-refractivity contribution is 4.61. The van der Waals surface area contributed by atoms with Crippen LogP contribution in [0.25, 0.3) is 0 Å². The van der Waals surface area contributed by atoms with Gasteiger partial charge in [-0.3, -0.25) is 0 Å². The van der Waals surface area contributed by atoms with Gasteiger partial charge < -0.3 is 4.84 Å². The van der Waals surface area contributed by atoms with Crippen molar-refractivity contribution in [1.82, 2.24) is 5.06 Å². The largest absolute Gasteiger partial charge is 0.302 e. The predicted molar refractivity (Wildman–Crippen MR) is 48.4 cm³/mol. The lowest BCUT2D eigenvalue weighted by atomic mass is 10.1. The topological polar surface area (TPSA) is 12.5 Å². The van der Waals surface area contributed by atoms with Crippen molar-refractivity contribution in [2.75, 3.05) is 14.2 Å². The van der Waals surface area contributed by atoms with Crippen LogP contribution in [-0.4, -0.2) is 25.3 Å². The minimum Gasteiger partial charge on any atom is -0.302 e. The zero-order chi connectivity index (χ0) is 8.69. The zero-order valence-corrected chi connectivity index (χ0v) is 8.26. The molecule has 0 aromatic heterocycles. The average molecular weight is 159 g/mol. The van der Waals surface area contributed by atoms with E-state index in [9.17, 15) is 0 Å². The zero-order valence-electron chi connectivity index (χ0n) is 8.26. The molecule has 11 heavy (non-hydrogen) atoms. The molecule has 0 aliphatic carbocycles. The molecule has 0 unspecified atom stereocenters. The lowest BCUT2D eigenvalue weighted by Gasteiger charge is -2.24. The summed E-state index contributed by atoms with van der Waals surface area (Å²) in [5, 5.41) is 1.97. The molecular formula is C9H21NO. The van der Waals surface area contributed by atoms with Crippen LogP contribution in [0.2, 0.25) is 0 Å². The Labute approximate surface area is 70.5 Å². The van der Waals surface area contributed by atoms with E-state index < -0.39 is 0 Å². The van der Waals surface area contributed by atoms with Gasteiger partial charge in [-0.2, -0.15) is 5.06 Å². The van der Waals surface area contributed by atoms with Crippen LogP contribution in [-0.2, 0) is 4.84 Å². The van der Waals surface area contributed by atoms with Crippen LogP contribution in [0, 0.1) is 0 Å². The number of hydroxylamine groups is 2. The van der Waals surface area contributed by atoms with Crippen LogP contribution in [0.15, 0.2) is 0 Å². The fourth-order valence-corrected chi connectivity index (χ4v) is 1.32. The Balaban J connectivity index is 3.66. The van der Waals surface area contributed by atoms with E-state index in [-0.39, 0.29) is 0 Å². The molecule has 68 valence electrons. The van der Waals surface area contributed by atoms with Crippen molar-refractivity contribution in [3.63, 3.8) is 0 Å². The standard InChI is InChI=1S/C9H21NO/c1-5-7-9(8-6-2)10(3)11-4/h9H,5-8H2,1-4H3. The fraction of sp³-hybridized carbons (Fsp3) is 1.00. The van der Waals surface area contributed by atoms with Crippen LogP contribution < -0.4 is 0 Å². The van der Waals surface area contributed by atoms with Crippen LogP contribution in [0.4, 0.5) is 0 Å². The normalized spacial score (nSPS) is 11.5. The minimum atomic E-state index is 0.606. The summed E-state index contributed by atoms with van der Waals surface area (Å²) in [6, 6.07) is 0.606. The van der Waals surface area contributed by atoms with Gasteiger partial charge in [0.15, 0.2) is 0 Å². The van der Waals surface area contributed by atoms with Gasteiger partial charge in [-0.15, -0.1) is 0 Å². The van der Waals surface area contributed by atoms with Crippen molar-refractivity contribution in [1.29, 1.82) is 0 Å². The number of rotatable bonds is 6. The maximum atomic E-state index is 5.15. The lowest BCUT2D eigenvalue weighted by molar-refractivity contribution is -0.144. The molecule has 2 heteroatoms. The third-order valence-electron chi connectivity index (χ3n) is 2.05. The first kappa shape index (κ1) is 10.9. The van der Waals surface area contributed by atoms with E-state index in [4.69, 9.17) is 4.84 Å². The molecule has 0 spiro atoms. The first-order valence-corrected chi connectivity index (χ1v) is 4.53. The smallest absolute Gasteiger partial charge is 0.0575 e. The molecule has 0 N–H and O–H groups in total. The molecule has 0 heterocycles. The molecule has 0 rings (SSSR count). The summed E-state index contributed by atoms with van der Waals surface area (Å²) < 4.78 is 0. The van der Waals surface area contributed by atoms with Crippen LogP contribution in [0.3, 0.4) is 0 Å². The van der Waals surface area contributed by atoms with E-state index >= 15 is 0 Å². The monoisotopic (exact) mass is 159 g/mol. The van der Waals surface area contributed by atoms with Crippen LogP contribution in [0.5, 0.6) is 0 Å². The van der Waals surface area contributed by atoms with Gasteiger partial charge in [-0.25, -0.2) is 0 Å². The van der Waals surface area contributed by atoms with E-state index in [0.29, 0.717) is 6.04 Å². The number of hydrogen-bond acceptors (Lipinski definition) is 2. The first-order valence-electron chi connectivity index (χ1n) is 4.53. The highest BCUT2D eigenvalue weighted by Gasteiger charge is 2.11. The summed E-state index contributed by atoms with van der Waals surface area (Å²) in [7, 11) is 3.74. The maximum Gasteiger partial charge on any atom is 0.0575 e. The molecule has 0 radical (unpaired) electrons. The van der Waals surface area contributed by atoms with Gasteiger partial charge in [0.25, 0.3) is 0 Å². The molecule has 0 saturated carbocycles. The molecule has 0 aliphatic heterocycles. The third kappa shape index (κ3) is 4.38. The number of nitrogens with zero attached hydrogens (tertiary/aromatic N) is 1. The molecule has 0 fully saturated rings. The van der Waals surface area contributed by atoms with E-state index in [1.54, 1.807) is 7.11 Å². The van der Waals surface area contributed by atoms with Gasteiger partial charge in [0.1, 0.15) is 0 Å². The molecule has 0 aliphatic rings. The maximum absolute atomic E-state index is 5.15. The SMILES string of the molecule is CCCC(CCC)N(C)OC. The van der Waals surface area contributed by atoms with Crippen molar-refractivity contribution >= 4 is 0 Å². The molecule has 2 nitrogen and oxygen atoms in total. The Morgan fingerprint density at radius 2 is 1.64 bits per heavy atom. The number of hydrogen-bond donors (Lipinski definition) is 0. The van der Waals surface area contributed by atoms with Crippen molar-refractivity contribution in [3.05, 3.63) is 0 Å². The van der Waals surface area contributed by atoms with Crippen molar-refractivity contribution in [2.24, 2.45) is 0 Å². The Kier molecular flexibility index (Phi) is 6.57. The molecular weight excluding hydrogens is 138 g/mol. The Bertz CT molecular complexity index is 79.6. The summed E-state index contributed by atoms with van der Waals surface area (Å²) in [5.74, 6) is 0. The molecule has 0 saturated heterocycles. The van der Waals surface area contributed by atoms with Gasteiger partial charge in [0.2, 0.25) is 0 Å². The van der Waals surface area contributed by atoms with Gasteiger partial charge in [0, 0.05) is 13.1 Å². The fourth-order valence-electron chi connectivity index (χ4n) is 1.32. The lowest BCUT2D eigenvalue weighted by Crippen LogP contribution is -2.30. The van der Waals surface area contributed by atoms with E-state index in [1.807, 2.05) is 12.1 Å². The summed E-state index contributed by atoms with van der Waals surface area (Å²) >= 11 is 0. The summed E-state index contributed by atoms with van der Waals surface area (Å²) in [6.45, 7) is 4.43. The molecule has 0 bridgehead atoms. The van der Waals surface area contributed by atoms with Crippen molar-refractivity contribution in [2.45, 2.75) is 45.6 Å². The highest BCUT2D eigenvalue weighted by Crippen LogP contribution is 2.10. The molecule has 0 atom stereocenters. The second-order valence-corrected chi connectivity index (χ2v) is 2.96. The Morgan fingerprint density at radius 3 is 1.91 bits per heavy atom. The summed E-state index contributed by atoms with van der Waals surface area (Å²) in [6.07, 6.45) is 4.94. The summed E-state index contributed by atoms with van der Waals surface area (Å²) in [5.41, 5.74) is 0. The summed E-state index contributed by atoms with van der Waals surface area (Å²) in [4.78, 5) is 5.15. The molecule has 0 aromatic rings. The van der Waals surface area contributed by atoms with E-state index in [0.717, 1.165) is 0 Å². The van der Waals surface area contributed by atoms with Crippen molar-refractivity contribution in [3.8, 4) is 0 Å². The quantitative estimate of drug-likeness (QED) is 0.552. The highest BCUT2D eigenvalue weighted by atomic mass is 16.7. The van der Waals surface area contributed by atoms with E-state index in [2.05, 4.69) is 13.8 Å². The third-order valence-corrected chi connectivity index (χ3v) is 2.05. The van der Waals surface area contributed by atoms with Gasteiger partial charge in [-0.05, 0) is 12.8 Å². The minimum absolute atomic E-state index is 0.606. The van der Waals surface area contributed by atoms with E-state index in [1.165, 1.54) is 25.7 Å². The van der Waals surface area contributed by atoms with Crippen molar-refractivity contribution < 1.29 is 4.84 Å². The Hall–Kier alpha value is -0.0800.